The monoisotopic (exact) mass is 374 g/mol. The van der Waals surface area contributed by atoms with Crippen molar-refractivity contribution in [2.45, 2.75) is 0 Å². The Hall–Kier alpha value is -3.45. The first-order valence-electron chi connectivity index (χ1n) is 9.16. The Morgan fingerprint density at radius 1 is 1.18 bits per heavy atom. The van der Waals surface area contributed by atoms with Crippen molar-refractivity contribution in [3.8, 4) is 0 Å². The third kappa shape index (κ3) is 3.79. The summed E-state index contributed by atoms with van der Waals surface area (Å²) in [6.45, 7) is 6.77. The molecule has 7 nitrogen and oxygen atoms in total. The molecule has 1 aromatic carbocycles. The second kappa shape index (κ2) is 8.06. The first-order valence-corrected chi connectivity index (χ1v) is 9.16. The van der Waals surface area contributed by atoms with Crippen LogP contribution in [-0.4, -0.2) is 47.1 Å². The minimum atomic E-state index is 0.599. The van der Waals surface area contributed by atoms with Crippen molar-refractivity contribution in [2.75, 3.05) is 31.2 Å². The van der Waals surface area contributed by atoms with Gasteiger partial charge in [-0.2, -0.15) is 9.61 Å². The van der Waals surface area contributed by atoms with Crippen LogP contribution in [0.4, 0.5) is 11.6 Å². The molecule has 4 rings (SSSR count). The molecule has 2 aromatic heterocycles. The van der Waals surface area contributed by atoms with Crippen LogP contribution < -0.4 is 10.6 Å². The number of benzene rings is 1. The molecule has 0 saturated carbocycles. The van der Waals surface area contributed by atoms with Gasteiger partial charge < -0.3 is 15.4 Å². The topological polar surface area (TPSA) is 81.0 Å². The fraction of sp³-hybridized carbons (Fsp3) is 0.190. The van der Waals surface area contributed by atoms with Crippen molar-refractivity contribution in [1.29, 1.82) is 0 Å². The number of morpholine rings is 1. The molecule has 0 unspecified atom stereocenters. The average molecular weight is 374 g/mol. The molecule has 1 saturated heterocycles. The highest BCUT2D eigenvalue weighted by atomic mass is 16.5. The summed E-state index contributed by atoms with van der Waals surface area (Å²) in [5, 5.41) is 4.57. The summed E-state index contributed by atoms with van der Waals surface area (Å²) in [7, 11) is 0. The van der Waals surface area contributed by atoms with Crippen LogP contribution >= 0.6 is 0 Å². The number of allylic oxidation sites excluding steroid dienone is 1. The van der Waals surface area contributed by atoms with E-state index in [1.54, 1.807) is 18.4 Å². The Bertz CT molecular complexity index is 1030. The molecule has 142 valence electrons. The number of nitrogens with two attached hydrogens (primary N) is 1. The minimum Gasteiger partial charge on any atom is -0.398 e. The van der Waals surface area contributed by atoms with E-state index in [2.05, 4.69) is 26.6 Å². The van der Waals surface area contributed by atoms with Crippen molar-refractivity contribution in [1.82, 2.24) is 14.6 Å². The molecule has 1 fully saturated rings. The first kappa shape index (κ1) is 17.9. The molecular weight excluding hydrogens is 352 g/mol. The summed E-state index contributed by atoms with van der Waals surface area (Å²) < 4.78 is 7.30. The van der Waals surface area contributed by atoms with Crippen molar-refractivity contribution in [2.24, 2.45) is 10.7 Å². The summed E-state index contributed by atoms with van der Waals surface area (Å²) in [6.07, 6.45) is 5.17. The molecule has 7 heteroatoms. The van der Waals surface area contributed by atoms with E-state index in [0.717, 1.165) is 35.8 Å². The molecule has 0 spiro atoms. The predicted molar refractivity (Wildman–Crippen MR) is 113 cm³/mol. The van der Waals surface area contributed by atoms with Gasteiger partial charge in [0.25, 0.3) is 0 Å². The summed E-state index contributed by atoms with van der Waals surface area (Å²) >= 11 is 0. The lowest BCUT2D eigenvalue weighted by Crippen LogP contribution is -2.37. The van der Waals surface area contributed by atoms with Crippen molar-refractivity contribution in [3.05, 3.63) is 66.4 Å². The van der Waals surface area contributed by atoms with Crippen molar-refractivity contribution >= 4 is 35.3 Å². The lowest BCUT2D eigenvalue weighted by atomic mass is 10.1. The van der Waals surface area contributed by atoms with Gasteiger partial charge in [0.05, 0.1) is 18.9 Å². The Labute approximate surface area is 163 Å². The summed E-state index contributed by atoms with van der Waals surface area (Å²) in [5.41, 5.74) is 9.23. The lowest BCUT2D eigenvalue weighted by molar-refractivity contribution is 0.122. The zero-order valence-corrected chi connectivity index (χ0v) is 15.5. The van der Waals surface area contributed by atoms with Crippen LogP contribution in [0, 0.1) is 0 Å². The SMILES string of the molecule is C=Cc1cc2nc(N=CC=C(N)c3ccccc3)cc(N3CCOCC3)n2n1. The van der Waals surface area contributed by atoms with Crippen LogP contribution in [0.15, 0.2) is 60.1 Å². The van der Waals surface area contributed by atoms with E-state index >= 15 is 0 Å². The van der Waals surface area contributed by atoms with Gasteiger partial charge in [0.1, 0.15) is 5.82 Å². The maximum absolute atomic E-state index is 6.12. The Morgan fingerprint density at radius 3 is 2.71 bits per heavy atom. The maximum atomic E-state index is 6.12. The van der Waals surface area contributed by atoms with Crippen molar-refractivity contribution < 1.29 is 4.74 Å². The molecule has 0 radical (unpaired) electrons. The number of nitrogens with zero attached hydrogens (tertiary/aromatic N) is 5. The summed E-state index contributed by atoms with van der Waals surface area (Å²) in [6, 6.07) is 13.6. The highest BCUT2D eigenvalue weighted by Crippen LogP contribution is 2.23. The molecule has 0 bridgehead atoms. The fourth-order valence-corrected chi connectivity index (χ4v) is 3.07. The zero-order valence-electron chi connectivity index (χ0n) is 15.5. The number of ether oxygens (including phenoxy) is 1. The number of aliphatic imine (C=N–C) groups is 1. The predicted octanol–water partition coefficient (Wildman–Crippen LogP) is 2.91. The molecule has 3 aromatic rings. The van der Waals surface area contributed by atoms with Gasteiger partial charge in [-0.1, -0.05) is 36.9 Å². The van der Waals surface area contributed by atoms with E-state index < -0.39 is 0 Å². The van der Waals surface area contributed by atoms with Gasteiger partial charge in [0.2, 0.25) is 0 Å². The Balaban J connectivity index is 1.67. The van der Waals surface area contributed by atoms with Crippen LogP contribution in [0.5, 0.6) is 0 Å². The van der Waals surface area contributed by atoms with E-state index in [9.17, 15) is 0 Å². The molecule has 1 aliphatic heterocycles. The second-order valence-corrected chi connectivity index (χ2v) is 6.38. The van der Waals surface area contributed by atoms with Crippen LogP contribution in [0.1, 0.15) is 11.3 Å². The molecule has 2 N–H and O–H groups in total. The van der Waals surface area contributed by atoms with E-state index in [-0.39, 0.29) is 0 Å². The van der Waals surface area contributed by atoms with Gasteiger partial charge in [-0.3, -0.25) is 0 Å². The highest BCUT2D eigenvalue weighted by Gasteiger charge is 2.17. The van der Waals surface area contributed by atoms with E-state index in [0.29, 0.717) is 24.7 Å². The van der Waals surface area contributed by atoms with E-state index in [4.69, 9.17) is 10.5 Å². The smallest absolute Gasteiger partial charge is 0.160 e. The standard InChI is InChI=1S/C21H22N6O/c1-2-17-14-20-24-19(23-9-8-18(22)16-6-4-3-5-7-16)15-21(27(20)25-17)26-10-12-28-13-11-26/h2-9,14-15H,1,10-13,22H2. The van der Waals surface area contributed by atoms with Crippen LogP contribution in [0.3, 0.4) is 0 Å². The molecule has 1 aliphatic rings. The summed E-state index contributed by atoms with van der Waals surface area (Å²) in [5.74, 6) is 1.54. The van der Waals surface area contributed by atoms with Gasteiger partial charge in [0, 0.05) is 37.1 Å². The third-order valence-electron chi connectivity index (χ3n) is 4.53. The minimum absolute atomic E-state index is 0.599. The van der Waals surface area contributed by atoms with Crippen LogP contribution in [0.25, 0.3) is 17.4 Å². The quantitative estimate of drug-likeness (QED) is 0.695. The number of rotatable bonds is 5. The molecule has 0 aliphatic carbocycles. The molecule has 0 atom stereocenters. The molecule has 28 heavy (non-hydrogen) atoms. The highest BCUT2D eigenvalue weighted by molar-refractivity contribution is 5.84. The number of fused-ring (bicyclic) bond motifs is 1. The molecule has 3 heterocycles. The third-order valence-corrected chi connectivity index (χ3v) is 4.53. The number of anilines is 1. The van der Waals surface area contributed by atoms with Crippen LogP contribution in [0.2, 0.25) is 0 Å². The first-order chi connectivity index (χ1) is 13.7. The van der Waals surface area contributed by atoms with Gasteiger partial charge in [-0.05, 0) is 17.7 Å². The second-order valence-electron chi connectivity index (χ2n) is 6.38. The normalized spacial score (nSPS) is 15.4. The fourth-order valence-electron chi connectivity index (χ4n) is 3.07. The number of hydrogen-bond donors (Lipinski definition) is 1. The summed E-state index contributed by atoms with van der Waals surface area (Å²) in [4.78, 5) is 11.3. The van der Waals surface area contributed by atoms with Gasteiger partial charge in [-0.15, -0.1) is 0 Å². The molecule has 0 amide bonds. The Kier molecular flexibility index (Phi) is 5.16. The van der Waals surface area contributed by atoms with Gasteiger partial charge in [-0.25, -0.2) is 9.98 Å². The van der Waals surface area contributed by atoms with Crippen molar-refractivity contribution in [3.63, 3.8) is 0 Å². The average Bonchev–Trinajstić information content (AvgIpc) is 3.17. The van der Waals surface area contributed by atoms with E-state index in [1.807, 2.05) is 47.0 Å². The number of hydrogen-bond acceptors (Lipinski definition) is 6. The van der Waals surface area contributed by atoms with Crippen LogP contribution in [-0.2, 0) is 4.74 Å². The molecular formula is C21H22N6O. The maximum Gasteiger partial charge on any atom is 0.160 e. The zero-order chi connectivity index (χ0) is 19.3. The lowest BCUT2D eigenvalue weighted by Gasteiger charge is -2.28. The Morgan fingerprint density at radius 2 is 1.96 bits per heavy atom. The van der Waals surface area contributed by atoms with Gasteiger partial charge >= 0.3 is 0 Å². The largest absolute Gasteiger partial charge is 0.398 e. The van der Waals surface area contributed by atoms with E-state index in [1.165, 1.54) is 0 Å². The number of aromatic nitrogens is 3. The van der Waals surface area contributed by atoms with Gasteiger partial charge in [0.15, 0.2) is 11.5 Å².